The summed E-state index contributed by atoms with van der Waals surface area (Å²) in [5, 5.41) is 5.65. The van der Waals surface area contributed by atoms with Gasteiger partial charge in [0.05, 0.1) is 10.9 Å². The zero-order valence-corrected chi connectivity index (χ0v) is 15.8. The largest absolute Gasteiger partial charge is 0.354 e. The molecule has 0 aliphatic carbocycles. The lowest BCUT2D eigenvalue weighted by Crippen LogP contribution is -2.34. The maximum absolute atomic E-state index is 13.3. The average molecular weight is 388 g/mol. The minimum atomic E-state index is -0.436. The molecule has 4 rings (SSSR count). The normalized spacial score (nSPS) is 14.6. The van der Waals surface area contributed by atoms with E-state index in [1.54, 1.807) is 23.5 Å². The molecule has 1 aromatic carbocycles. The number of nitrogens with zero attached hydrogens (tertiary/aromatic N) is 3. The zero-order valence-electron chi connectivity index (χ0n) is 14.2. The first kappa shape index (κ1) is 17.2. The Morgan fingerprint density at radius 2 is 2.08 bits per heavy atom. The smallest absolute Gasteiger partial charge is 0.293 e. The first-order valence-corrected chi connectivity index (χ1v) is 10.3. The molecule has 0 atom stereocenters. The first-order valence-electron chi connectivity index (χ1n) is 8.27. The van der Waals surface area contributed by atoms with Crippen LogP contribution in [0, 0.1) is 12.7 Å². The maximum atomic E-state index is 13.3. The minimum Gasteiger partial charge on any atom is -0.354 e. The Morgan fingerprint density at radius 3 is 2.85 bits per heavy atom. The molecule has 1 fully saturated rings. The van der Waals surface area contributed by atoms with Gasteiger partial charge in [0.2, 0.25) is 5.82 Å². The van der Waals surface area contributed by atoms with Gasteiger partial charge >= 0.3 is 0 Å². The molecule has 0 saturated carbocycles. The summed E-state index contributed by atoms with van der Waals surface area (Å²) in [6, 6.07) is 5.79. The second-order valence-electron chi connectivity index (χ2n) is 5.99. The van der Waals surface area contributed by atoms with Crippen molar-refractivity contribution in [3.05, 3.63) is 46.2 Å². The molecule has 0 unspecified atom stereocenters. The molecule has 1 N–H and O–H groups in total. The van der Waals surface area contributed by atoms with E-state index in [0.29, 0.717) is 5.69 Å². The standard InChI is InChI=1S/C18H17FN4OS2/c1-11-15-14(10-26-11)21-16(22-17(15)23-5-7-25-8-6-23)18(24)20-13-4-2-3-12(19)9-13/h2-4,9-10H,5-8H2,1H3,(H,20,24). The molecule has 26 heavy (non-hydrogen) atoms. The molecule has 0 bridgehead atoms. The number of benzene rings is 1. The molecule has 8 heteroatoms. The number of hydrogen-bond acceptors (Lipinski definition) is 6. The Morgan fingerprint density at radius 1 is 1.27 bits per heavy atom. The van der Waals surface area contributed by atoms with E-state index < -0.39 is 11.7 Å². The summed E-state index contributed by atoms with van der Waals surface area (Å²) >= 11 is 3.53. The second-order valence-corrected chi connectivity index (χ2v) is 8.30. The maximum Gasteiger partial charge on any atom is 0.293 e. The third kappa shape index (κ3) is 3.39. The SMILES string of the molecule is Cc1scc2nc(C(=O)Nc3cccc(F)c3)nc(N3CCSCC3)c12. The third-order valence-electron chi connectivity index (χ3n) is 4.21. The molecule has 1 saturated heterocycles. The van der Waals surface area contributed by atoms with Gasteiger partial charge in [0.1, 0.15) is 11.6 Å². The molecule has 5 nitrogen and oxygen atoms in total. The second kappa shape index (κ2) is 7.20. The van der Waals surface area contributed by atoms with Crippen molar-refractivity contribution < 1.29 is 9.18 Å². The number of thioether (sulfide) groups is 1. The van der Waals surface area contributed by atoms with Crippen molar-refractivity contribution in [2.45, 2.75) is 6.92 Å². The minimum absolute atomic E-state index is 0.104. The van der Waals surface area contributed by atoms with E-state index in [4.69, 9.17) is 0 Å². The van der Waals surface area contributed by atoms with Crippen LogP contribution >= 0.6 is 23.1 Å². The number of fused-ring (bicyclic) bond motifs is 1. The van der Waals surface area contributed by atoms with Crippen LogP contribution in [0.25, 0.3) is 10.9 Å². The van der Waals surface area contributed by atoms with Crippen LogP contribution in [0.15, 0.2) is 29.6 Å². The van der Waals surface area contributed by atoms with Gasteiger partial charge < -0.3 is 10.2 Å². The number of nitrogens with one attached hydrogen (secondary N) is 1. The van der Waals surface area contributed by atoms with Crippen molar-refractivity contribution in [1.82, 2.24) is 9.97 Å². The number of aromatic nitrogens is 2. The highest BCUT2D eigenvalue weighted by Gasteiger charge is 2.22. The lowest BCUT2D eigenvalue weighted by Gasteiger charge is -2.28. The number of rotatable bonds is 3. The number of thiophene rings is 1. The van der Waals surface area contributed by atoms with Gasteiger partial charge in [0.25, 0.3) is 5.91 Å². The summed E-state index contributed by atoms with van der Waals surface area (Å²) in [6.45, 7) is 3.85. The first-order chi connectivity index (χ1) is 12.6. The molecule has 1 aliphatic heterocycles. The fourth-order valence-electron chi connectivity index (χ4n) is 2.95. The van der Waals surface area contributed by atoms with E-state index in [-0.39, 0.29) is 5.82 Å². The highest BCUT2D eigenvalue weighted by molar-refractivity contribution is 7.99. The number of anilines is 2. The van der Waals surface area contributed by atoms with Gasteiger partial charge in [-0.2, -0.15) is 11.8 Å². The number of halogens is 1. The number of aryl methyl sites for hydroxylation is 1. The molecule has 3 heterocycles. The number of carbonyl (C=O) groups excluding carboxylic acids is 1. The van der Waals surface area contributed by atoms with Gasteiger partial charge in [-0.05, 0) is 25.1 Å². The number of amides is 1. The van der Waals surface area contributed by atoms with Crippen LogP contribution in [0.5, 0.6) is 0 Å². The van der Waals surface area contributed by atoms with Crippen molar-refractivity contribution in [3.63, 3.8) is 0 Å². The van der Waals surface area contributed by atoms with Crippen LogP contribution in [0.4, 0.5) is 15.9 Å². The summed E-state index contributed by atoms with van der Waals surface area (Å²) in [5.41, 5.74) is 1.16. The molecule has 0 spiro atoms. The summed E-state index contributed by atoms with van der Waals surface area (Å²) in [5.74, 6) is 2.17. The molecule has 2 aromatic heterocycles. The lowest BCUT2D eigenvalue weighted by atomic mass is 10.2. The van der Waals surface area contributed by atoms with Crippen LogP contribution in [-0.2, 0) is 0 Å². The van der Waals surface area contributed by atoms with Crippen molar-refractivity contribution >= 4 is 51.4 Å². The Bertz CT molecular complexity index is 969. The van der Waals surface area contributed by atoms with E-state index in [2.05, 4.69) is 20.2 Å². The molecule has 1 amide bonds. The van der Waals surface area contributed by atoms with Gasteiger partial charge in [0, 0.05) is 40.5 Å². The highest BCUT2D eigenvalue weighted by atomic mass is 32.2. The van der Waals surface area contributed by atoms with Gasteiger partial charge in [-0.3, -0.25) is 4.79 Å². The summed E-state index contributed by atoms with van der Waals surface area (Å²) in [7, 11) is 0. The van der Waals surface area contributed by atoms with Crippen LogP contribution in [0.1, 0.15) is 15.5 Å². The van der Waals surface area contributed by atoms with E-state index in [9.17, 15) is 9.18 Å². The van der Waals surface area contributed by atoms with Crippen LogP contribution < -0.4 is 10.2 Å². The van der Waals surface area contributed by atoms with Crippen molar-refractivity contribution in [1.29, 1.82) is 0 Å². The monoisotopic (exact) mass is 388 g/mol. The fourth-order valence-corrected chi connectivity index (χ4v) is 4.63. The van der Waals surface area contributed by atoms with Gasteiger partial charge in [-0.25, -0.2) is 14.4 Å². The van der Waals surface area contributed by atoms with Crippen LogP contribution in [-0.4, -0.2) is 40.5 Å². The third-order valence-corrected chi connectivity index (χ3v) is 6.05. The quantitative estimate of drug-likeness (QED) is 0.736. The van der Waals surface area contributed by atoms with E-state index >= 15 is 0 Å². The van der Waals surface area contributed by atoms with Crippen molar-refractivity contribution in [2.24, 2.45) is 0 Å². The van der Waals surface area contributed by atoms with Gasteiger partial charge in [-0.1, -0.05) is 6.07 Å². The molecule has 134 valence electrons. The fraction of sp³-hybridized carbons (Fsp3) is 0.278. The van der Waals surface area contributed by atoms with Gasteiger partial charge in [0.15, 0.2) is 0 Å². The van der Waals surface area contributed by atoms with Crippen LogP contribution in [0.2, 0.25) is 0 Å². The molecule has 3 aromatic rings. The van der Waals surface area contributed by atoms with E-state index in [0.717, 1.165) is 46.2 Å². The summed E-state index contributed by atoms with van der Waals surface area (Å²) in [6.07, 6.45) is 0. The molecule has 1 aliphatic rings. The van der Waals surface area contributed by atoms with Crippen molar-refractivity contribution in [2.75, 3.05) is 34.8 Å². The number of carbonyl (C=O) groups is 1. The molecule has 0 radical (unpaired) electrons. The number of hydrogen-bond donors (Lipinski definition) is 1. The Labute approximate surface area is 158 Å². The Hall–Kier alpha value is -2.19. The van der Waals surface area contributed by atoms with Crippen LogP contribution in [0.3, 0.4) is 0 Å². The van der Waals surface area contributed by atoms with Crippen molar-refractivity contribution in [3.8, 4) is 0 Å². The highest BCUT2D eigenvalue weighted by Crippen LogP contribution is 2.32. The summed E-state index contributed by atoms with van der Waals surface area (Å²) in [4.78, 5) is 25.0. The van der Waals surface area contributed by atoms with E-state index in [1.807, 2.05) is 24.1 Å². The van der Waals surface area contributed by atoms with E-state index in [1.165, 1.54) is 12.1 Å². The Balaban J connectivity index is 1.72. The predicted octanol–water partition coefficient (Wildman–Crippen LogP) is 3.94. The molecular weight excluding hydrogens is 371 g/mol. The topological polar surface area (TPSA) is 58.1 Å². The average Bonchev–Trinajstić information content (AvgIpc) is 3.03. The zero-order chi connectivity index (χ0) is 18.1. The molecular formula is C18H17FN4OS2. The predicted molar refractivity (Wildman–Crippen MR) is 106 cm³/mol. The Kier molecular flexibility index (Phi) is 4.78. The summed E-state index contributed by atoms with van der Waals surface area (Å²) < 4.78 is 13.3. The lowest BCUT2D eigenvalue weighted by molar-refractivity contribution is 0.101. The van der Waals surface area contributed by atoms with Gasteiger partial charge in [-0.15, -0.1) is 11.3 Å².